The van der Waals surface area contributed by atoms with Crippen LogP contribution in [-0.4, -0.2) is 19.6 Å². The fourth-order valence-electron chi connectivity index (χ4n) is 3.07. The third kappa shape index (κ3) is 3.58. The molecule has 25 heavy (non-hydrogen) atoms. The number of hydrogen-bond acceptors (Lipinski definition) is 4. The van der Waals surface area contributed by atoms with Crippen molar-refractivity contribution in [1.29, 1.82) is 5.26 Å². The lowest BCUT2D eigenvalue weighted by atomic mass is 10.1. The van der Waals surface area contributed by atoms with Crippen molar-refractivity contribution in [3.05, 3.63) is 53.6 Å². The maximum absolute atomic E-state index is 12.1. The fourth-order valence-corrected chi connectivity index (χ4v) is 3.07. The quantitative estimate of drug-likeness (QED) is 0.901. The number of rotatable bonds is 5. The summed E-state index contributed by atoms with van der Waals surface area (Å²) in [7, 11) is 1.62. The van der Waals surface area contributed by atoms with E-state index < -0.39 is 0 Å². The van der Waals surface area contributed by atoms with Gasteiger partial charge in [-0.05, 0) is 49.2 Å². The molecule has 1 saturated heterocycles. The highest BCUT2D eigenvalue weighted by Gasteiger charge is 2.24. The second kappa shape index (κ2) is 7.27. The van der Waals surface area contributed by atoms with Crippen molar-refractivity contribution in [2.75, 3.05) is 23.9 Å². The third-order valence-corrected chi connectivity index (χ3v) is 4.47. The molecule has 3 rings (SSSR count). The summed E-state index contributed by atoms with van der Waals surface area (Å²) in [5.74, 6) is 0.836. The summed E-state index contributed by atoms with van der Waals surface area (Å²) in [5, 5.41) is 12.3. The fraction of sp³-hybridized carbons (Fsp3) is 0.300. The van der Waals surface area contributed by atoms with Crippen molar-refractivity contribution >= 4 is 17.3 Å². The van der Waals surface area contributed by atoms with Gasteiger partial charge in [0.25, 0.3) is 0 Å². The molecule has 1 N–H and O–H groups in total. The number of amides is 1. The van der Waals surface area contributed by atoms with Crippen molar-refractivity contribution in [2.45, 2.75) is 25.8 Å². The lowest BCUT2D eigenvalue weighted by molar-refractivity contribution is -0.117. The lowest BCUT2D eigenvalue weighted by Gasteiger charge is -2.22. The normalized spacial score (nSPS) is 14.9. The third-order valence-electron chi connectivity index (χ3n) is 4.47. The number of nitrogens with zero attached hydrogens (tertiary/aromatic N) is 2. The molecule has 0 radical (unpaired) electrons. The van der Waals surface area contributed by atoms with E-state index in [0.717, 1.165) is 29.9 Å². The van der Waals surface area contributed by atoms with Gasteiger partial charge in [0, 0.05) is 24.7 Å². The first-order valence-corrected chi connectivity index (χ1v) is 8.37. The van der Waals surface area contributed by atoms with Crippen molar-refractivity contribution in [2.24, 2.45) is 0 Å². The van der Waals surface area contributed by atoms with E-state index in [2.05, 4.69) is 18.3 Å². The Morgan fingerprint density at radius 3 is 2.60 bits per heavy atom. The molecule has 0 unspecified atom stereocenters. The van der Waals surface area contributed by atoms with E-state index in [0.29, 0.717) is 17.7 Å². The zero-order valence-electron chi connectivity index (χ0n) is 14.5. The number of methoxy groups -OCH3 is 1. The summed E-state index contributed by atoms with van der Waals surface area (Å²) in [6.45, 7) is 2.79. The summed E-state index contributed by atoms with van der Waals surface area (Å²) in [5.41, 5.74) is 3.47. The molecule has 1 heterocycles. The largest absolute Gasteiger partial charge is 0.495 e. The SMILES string of the molecule is COc1ccc(N[C@@H](C)c2ccc(C#N)cc2)cc1N1CCCC1=O. The second-order valence-corrected chi connectivity index (χ2v) is 6.14. The molecule has 0 bridgehead atoms. The highest BCUT2D eigenvalue weighted by Crippen LogP contribution is 2.35. The summed E-state index contributed by atoms with van der Waals surface area (Å²) in [4.78, 5) is 13.9. The van der Waals surface area contributed by atoms with Gasteiger partial charge in [0.2, 0.25) is 5.91 Å². The average Bonchev–Trinajstić information content (AvgIpc) is 3.07. The number of carbonyl (C=O) groups excluding carboxylic acids is 1. The molecular formula is C20H21N3O2. The summed E-state index contributed by atoms with van der Waals surface area (Å²) in [6.07, 6.45) is 1.46. The van der Waals surface area contributed by atoms with Crippen LogP contribution >= 0.6 is 0 Å². The highest BCUT2D eigenvalue weighted by molar-refractivity contribution is 5.97. The molecule has 0 aliphatic carbocycles. The second-order valence-electron chi connectivity index (χ2n) is 6.14. The van der Waals surface area contributed by atoms with Gasteiger partial charge in [0.05, 0.1) is 24.4 Å². The summed E-state index contributed by atoms with van der Waals surface area (Å²) < 4.78 is 5.42. The lowest BCUT2D eigenvalue weighted by Crippen LogP contribution is -2.24. The molecule has 5 nitrogen and oxygen atoms in total. The van der Waals surface area contributed by atoms with E-state index in [1.54, 1.807) is 12.0 Å². The molecule has 2 aromatic carbocycles. The van der Waals surface area contributed by atoms with Gasteiger partial charge in [-0.25, -0.2) is 0 Å². The molecule has 0 saturated carbocycles. The Morgan fingerprint density at radius 2 is 2.00 bits per heavy atom. The van der Waals surface area contributed by atoms with Gasteiger partial charge in [-0.1, -0.05) is 12.1 Å². The molecule has 1 atom stereocenters. The summed E-state index contributed by atoms with van der Waals surface area (Å²) in [6, 6.07) is 15.5. The first-order valence-electron chi connectivity index (χ1n) is 8.37. The van der Waals surface area contributed by atoms with Gasteiger partial charge >= 0.3 is 0 Å². The van der Waals surface area contributed by atoms with E-state index >= 15 is 0 Å². The smallest absolute Gasteiger partial charge is 0.227 e. The first kappa shape index (κ1) is 16.8. The zero-order valence-corrected chi connectivity index (χ0v) is 14.5. The molecule has 0 aromatic heterocycles. The van der Waals surface area contributed by atoms with Crippen LogP contribution < -0.4 is 15.0 Å². The van der Waals surface area contributed by atoms with Crippen LogP contribution in [0.5, 0.6) is 5.75 Å². The number of hydrogen-bond donors (Lipinski definition) is 1. The Kier molecular flexibility index (Phi) is 4.90. The predicted molar refractivity (Wildman–Crippen MR) is 97.8 cm³/mol. The first-order chi connectivity index (χ1) is 12.1. The molecule has 128 valence electrons. The highest BCUT2D eigenvalue weighted by atomic mass is 16.5. The Balaban J connectivity index is 1.82. The van der Waals surface area contributed by atoms with Crippen LogP contribution in [0.3, 0.4) is 0 Å². The number of anilines is 2. The molecular weight excluding hydrogens is 314 g/mol. The number of benzene rings is 2. The van der Waals surface area contributed by atoms with Crippen molar-refractivity contribution in [1.82, 2.24) is 0 Å². The molecule has 1 aliphatic rings. The van der Waals surface area contributed by atoms with Crippen molar-refractivity contribution in [3.8, 4) is 11.8 Å². The van der Waals surface area contributed by atoms with Crippen LogP contribution in [-0.2, 0) is 4.79 Å². The Bertz CT molecular complexity index is 809. The topological polar surface area (TPSA) is 65.4 Å². The molecule has 0 spiro atoms. The van der Waals surface area contributed by atoms with E-state index in [-0.39, 0.29) is 11.9 Å². The molecule has 1 fully saturated rings. The zero-order chi connectivity index (χ0) is 17.8. The van der Waals surface area contributed by atoms with Crippen LogP contribution in [0.25, 0.3) is 0 Å². The van der Waals surface area contributed by atoms with Crippen LogP contribution in [0.15, 0.2) is 42.5 Å². The predicted octanol–water partition coefficient (Wildman–Crippen LogP) is 3.87. The van der Waals surface area contributed by atoms with Gasteiger partial charge in [0.15, 0.2) is 0 Å². The van der Waals surface area contributed by atoms with E-state index in [1.165, 1.54) is 0 Å². The molecule has 5 heteroatoms. The summed E-state index contributed by atoms with van der Waals surface area (Å²) >= 11 is 0. The van der Waals surface area contributed by atoms with Crippen LogP contribution in [0.4, 0.5) is 11.4 Å². The van der Waals surface area contributed by atoms with Crippen LogP contribution in [0.2, 0.25) is 0 Å². The van der Waals surface area contributed by atoms with Gasteiger partial charge in [-0.3, -0.25) is 4.79 Å². The minimum absolute atomic E-state index is 0.0725. The Morgan fingerprint density at radius 1 is 1.24 bits per heavy atom. The Labute approximate surface area is 147 Å². The number of carbonyl (C=O) groups is 1. The van der Waals surface area contributed by atoms with Gasteiger partial charge in [-0.15, -0.1) is 0 Å². The monoisotopic (exact) mass is 335 g/mol. The minimum Gasteiger partial charge on any atom is -0.495 e. The van der Waals surface area contributed by atoms with Crippen molar-refractivity contribution < 1.29 is 9.53 Å². The van der Waals surface area contributed by atoms with Gasteiger partial charge in [-0.2, -0.15) is 5.26 Å². The van der Waals surface area contributed by atoms with Crippen LogP contribution in [0, 0.1) is 11.3 Å². The maximum Gasteiger partial charge on any atom is 0.227 e. The maximum atomic E-state index is 12.1. The minimum atomic E-state index is 0.0725. The Hall–Kier alpha value is -3.00. The number of ether oxygens (including phenoxy) is 1. The van der Waals surface area contributed by atoms with E-state index in [4.69, 9.17) is 10.00 Å². The van der Waals surface area contributed by atoms with E-state index in [1.807, 2.05) is 42.5 Å². The van der Waals surface area contributed by atoms with Gasteiger partial charge < -0.3 is 15.0 Å². The van der Waals surface area contributed by atoms with Gasteiger partial charge in [0.1, 0.15) is 5.75 Å². The standard InChI is InChI=1S/C20H21N3O2/c1-14(16-7-5-15(13-21)6-8-16)22-17-9-10-19(25-2)18(12-17)23-11-3-4-20(23)24/h5-10,12,14,22H,3-4,11H2,1-2H3/t14-/m0/s1. The van der Waals surface area contributed by atoms with Crippen molar-refractivity contribution in [3.63, 3.8) is 0 Å². The molecule has 1 amide bonds. The molecule has 2 aromatic rings. The van der Waals surface area contributed by atoms with E-state index in [9.17, 15) is 4.79 Å². The average molecular weight is 335 g/mol. The number of nitrogens with one attached hydrogen (secondary N) is 1. The number of nitriles is 1. The molecule has 1 aliphatic heterocycles. The van der Waals surface area contributed by atoms with Crippen LogP contribution in [0.1, 0.15) is 36.9 Å².